The van der Waals surface area contributed by atoms with Crippen LogP contribution in [0.3, 0.4) is 0 Å². The maximum Gasteiger partial charge on any atom is 0.320 e. The van der Waals surface area contributed by atoms with Gasteiger partial charge >= 0.3 is 5.97 Å². The van der Waals surface area contributed by atoms with Crippen molar-refractivity contribution >= 4 is 5.97 Å². The lowest BCUT2D eigenvalue weighted by Crippen LogP contribution is -2.38. The first-order chi connectivity index (χ1) is 7.08. The lowest BCUT2D eigenvalue weighted by atomic mass is 10.1. The highest BCUT2D eigenvalue weighted by molar-refractivity contribution is 5.71. The van der Waals surface area contributed by atoms with Gasteiger partial charge in [-0.25, -0.2) is 0 Å². The van der Waals surface area contributed by atoms with Gasteiger partial charge in [0.15, 0.2) is 0 Å². The standard InChI is InChI=1S/C11H22N2O2/c1-9(2)12-8-11(14)15-10-4-6-13(3)7-5-10/h9-10,12H,4-8H2,1-3H3. The molecule has 1 rings (SSSR count). The van der Waals surface area contributed by atoms with Gasteiger partial charge in [0.05, 0.1) is 6.54 Å². The van der Waals surface area contributed by atoms with Crippen molar-refractivity contribution in [3.05, 3.63) is 0 Å². The molecule has 0 aromatic heterocycles. The average molecular weight is 214 g/mol. The molecule has 4 nitrogen and oxygen atoms in total. The van der Waals surface area contributed by atoms with Crippen molar-refractivity contribution in [3.8, 4) is 0 Å². The van der Waals surface area contributed by atoms with E-state index in [0.29, 0.717) is 12.6 Å². The van der Waals surface area contributed by atoms with Crippen LogP contribution in [-0.2, 0) is 9.53 Å². The van der Waals surface area contributed by atoms with Gasteiger partial charge in [-0.3, -0.25) is 4.79 Å². The normalized spacial score (nSPS) is 19.5. The number of hydrogen-bond acceptors (Lipinski definition) is 4. The number of nitrogens with zero attached hydrogens (tertiary/aromatic N) is 1. The van der Waals surface area contributed by atoms with Crippen LogP contribution in [0.5, 0.6) is 0 Å². The minimum atomic E-state index is -0.127. The van der Waals surface area contributed by atoms with Gasteiger partial charge < -0.3 is 15.0 Å². The summed E-state index contributed by atoms with van der Waals surface area (Å²) >= 11 is 0. The molecule has 0 aromatic carbocycles. The molecular weight excluding hydrogens is 192 g/mol. The molecule has 1 aliphatic rings. The molecule has 0 amide bonds. The maximum absolute atomic E-state index is 11.4. The van der Waals surface area contributed by atoms with E-state index in [9.17, 15) is 4.79 Å². The molecule has 0 saturated carbocycles. The monoisotopic (exact) mass is 214 g/mol. The summed E-state index contributed by atoms with van der Waals surface area (Å²) in [6.45, 7) is 6.40. The number of ether oxygens (including phenoxy) is 1. The average Bonchev–Trinajstić information content (AvgIpc) is 2.19. The zero-order valence-corrected chi connectivity index (χ0v) is 9.95. The van der Waals surface area contributed by atoms with Crippen LogP contribution in [0.1, 0.15) is 26.7 Å². The van der Waals surface area contributed by atoms with Gasteiger partial charge in [0.2, 0.25) is 0 Å². The summed E-state index contributed by atoms with van der Waals surface area (Å²) in [7, 11) is 2.10. The number of rotatable bonds is 4. The number of nitrogens with one attached hydrogen (secondary N) is 1. The minimum absolute atomic E-state index is 0.127. The van der Waals surface area contributed by atoms with Crippen LogP contribution < -0.4 is 5.32 Å². The zero-order chi connectivity index (χ0) is 11.3. The predicted molar refractivity (Wildman–Crippen MR) is 59.7 cm³/mol. The molecule has 0 radical (unpaired) electrons. The maximum atomic E-state index is 11.4. The largest absolute Gasteiger partial charge is 0.461 e. The predicted octanol–water partition coefficient (Wildman–Crippen LogP) is 0.622. The van der Waals surface area contributed by atoms with Gasteiger partial charge in [-0.05, 0) is 19.9 Å². The Morgan fingerprint density at radius 2 is 2.07 bits per heavy atom. The molecule has 0 bridgehead atoms. The molecule has 1 N–H and O–H groups in total. The second kappa shape index (κ2) is 6.08. The summed E-state index contributed by atoms with van der Waals surface area (Å²) in [5.74, 6) is -0.127. The Hall–Kier alpha value is -0.610. The summed E-state index contributed by atoms with van der Waals surface area (Å²) in [5.41, 5.74) is 0. The number of likely N-dealkylation sites (tertiary alicyclic amines) is 1. The highest BCUT2D eigenvalue weighted by Crippen LogP contribution is 2.11. The summed E-state index contributed by atoms with van der Waals surface area (Å²) in [5, 5.41) is 3.06. The van der Waals surface area contributed by atoms with E-state index in [1.165, 1.54) is 0 Å². The molecule has 0 aromatic rings. The van der Waals surface area contributed by atoms with Crippen molar-refractivity contribution in [3.63, 3.8) is 0 Å². The molecule has 1 aliphatic heterocycles. The molecule has 1 fully saturated rings. The van der Waals surface area contributed by atoms with E-state index in [-0.39, 0.29) is 12.1 Å². The highest BCUT2D eigenvalue weighted by Gasteiger charge is 2.19. The van der Waals surface area contributed by atoms with E-state index in [1.54, 1.807) is 0 Å². The van der Waals surface area contributed by atoms with E-state index >= 15 is 0 Å². The Bertz CT molecular complexity index is 199. The Morgan fingerprint density at radius 1 is 1.47 bits per heavy atom. The summed E-state index contributed by atoms with van der Waals surface area (Å²) < 4.78 is 5.36. The smallest absolute Gasteiger partial charge is 0.320 e. The van der Waals surface area contributed by atoms with Crippen molar-refractivity contribution in [1.29, 1.82) is 0 Å². The third kappa shape index (κ3) is 5.14. The molecule has 1 heterocycles. The minimum Gasteiger partial charge on any atom is -0.461 e. The second-order valence-corrected chi connectivity index (χ2v) is 4.53. The van der Waals surface area contributed by atoms with E-state index < -0.39 is 0 Å². The van der Waals surface area contributed by atoms with E-state index in [0.717, 1.165) is 25.9 Å². The van der Waals surface area contributed by atoms with Gasteiger partial charge in [-0.15, -0.1) is 0 Å². The fourth-order valence-corrected chi connectivity index (χ4v) is 1.62. The first-order valence-corrected chi connectivity index (χ1v) is 5.69. The number of piperidine rings is 1. The molecule has 15 heavy (non-hydrogen) atoms. The highest BCUT2D eigenvalue weighted by atomic mass is 16.5. The molecule has 4 heteroatoms. The first kappa shape index (κ1) is 12.5. The molecule has 88 valence electrons. The van der Waals surface area contributed by atoms with Crippen LogP contribution in [0.25, 0.3) is 0 Å². The summed E-state index contributed by atoms with van der Waals surface area (Å²) in [6, 6.07) is 0.329. The number of carbonyl (C=O) groups excluding carboxylic acids is 1. The zero-order valence-electron chi connectivity index (χ0n) is 9.95. The van der Waals surface area contributed by atoms with Gasteiger partial charge in [0.1, 0.15) is 6.10 Å². The SMILES string of the molecule is CC(C)NCC(=O)OC1CCN(C)CC1. The van der Waals surface area contributed by atoms with Crippen molar-refractivity contribution < 1.29 is 9.53 Å². The number of esters is 1. The topological polar surface area (TPSA) is 41.6 Å². The third-order valence-electron chi connectivity index (χ3n) is 2.62. The van der Waals surface area contributed by atoms with Crippen molar-refractivity contribution in [2.75, 3.05) is 26.7 Å². The molecule has 0 atom stereocenters. The summed E-state index contributed by atoms with van der Waals surface area (Å²) in [6.07, 6.45) is 2.05. The van der Waals surface area contributed by atoms with Crippen molar-refractivity contribution in [1.82, 2.24) is 10.2 Å². The van der Waals surface area contributed by atoms with E-state index in [1.807, 2.05) is 13.8 Å². The van der Waals surface area contributed by atoms with Crippen LogP contribution in [0, 0.1) is 0 Å². The van der Waals surface area contributed by atoms with E-state index in [4.69, 9.17) is 4.74 Å². The Labute approximate surface area is 92.0 Å². The number of hydrogen-bond donors (Lipinski definition) is 1. The van der Waals surface area contributed by atoms with Crippen LogP contribution in [0.2, 0.25) is 0 Å². The molecule has 1 saturated heterocycles. The van der Waals surface area contributed by atoms with Gasteiger partial charge in [-0.1, -0.05) is 13.8 Å². The fourth-order valence-electron chi connectivity index (χ4n) is 1.62. The van der Waals surface area contributed by atoms with Crippen LogP contribution in [-0.4, -0.2) is 49.7 Å². The van der Waals surface area contributed by atoms with Crippen LogP contribution in [0.4, 0.5) is 0 Å². The third-order valence-corrected chi connectivity index (χ3v) is 2.62. The molecule has 0 aliphatic carbocycles. The quantitative estimate of drug-likeness (QED) is 0.697. The Kier molecular flexibility index (Phi) is 5.05. The molecular formula is C11H22N2O2. The van der Waals surface area contributed by atoms with Gasteiger partial charge in [0, 0.05) is 19.1 Å². The van der Waals surface area contributed by atoms with Crippen molar-refractivity contribution in [2.24, 2.45) is 0 Å². The van der Waals surface area contributed by atoms with Crippen LogP contribution in [0.15, 0.2) is 0 Å². The molecule has 0 unspecified atom stereocenters. The van der Waals surface area contributed by atoms with Gasteiger partial charge in [-0.2, -0.15) is 0 Å². The first-order valence-electron chi connectivity index (χ1n) is 5.69. The fraction of sp³-hybridized carbons (Fsp3) is 0.909. The number of carbonyl (C=O) groups is 1. The second-order valence-electron chi connectivity index (χ2n) is 4.53. The lowest BCUT2D eigenvalue weighted by molar-refractivity contribution is -0.150. The van der Waals surface area contributed by atoms with Crippen LogP contribution >= 0.6 is 0 Å². The van der Waals surface area contributed by atoms with Crippen molar-refractivity contribution in [2.45, 2.75) is 38.8 Å². The lowest BCUT2D eigenvalue weighted by Gasteiger charge is -2.28. The van der Waals surface area contributed by atoms with Gasteiger partial charge in [0.25, 0.3) is 0 Å². The Balaban J connectivity index is 2.15. The summed E-state index contributed by atoms with van der Waals surface area (Å²) in [4.78, 5) is 13.7. The molecule has 0 spiro atoms. The van der Waals surface area contributed by atoms with E-state index in [2.05, 4.69) is 17.3 Å². The Morgan fingerprint density at radius 3 is 2.60 bits per heavy atom.